The van der Waals surface area contributed by atoms with E-state index < -0.39 is 0 Å². The first-order valence-electron chi connectivity index (χ1n) is 5.79. The second-order valence-corrected chi connectivity index (χ2v) is 4.38. The van der Waals surface area contributed by atoms with E-state index in [9.17, 15) is 4.79 Å². The summed E-state index contributed by atoms with van der Waals surface area (Å²) in [6.45, 7) is 4.24. The second-order valence-electron chi connectivity index (χ2n) is 4.38. The van der Waals surface area contributed by atoms with Gasteiger partial charge in [0.25, 0.3) is 0 Å². The molecule has 0 aliphatic rings. The Morgan fingerprint density at radius 1 is 1.41 bits per heavy atom. The lowest BCUT2D eigenvalue weighted by atomic mass is 10.1. The number of hydrogen-bond acceptors (Lipinski definition) is 2. The predicted octanol–water partition coefficient (Wildman–Crippen LogP) is 2.97. The summed E-state index contributed by atoms with van der Waals surface area (Å²) in [5.74, 6) is 0.855. The predicted molar refractivity (Wildman–Crippen MR) is 68.6 cm³/mol. The second kappa shape index (κ2) is 4.62. The van der Waals surface area contributed by atoms with Gasteiger partial charge in [-0.3, -0.25) is 0 Å². The molecule has 1 heterocycles. The van der Waals surface area contributed by atoms with Gasteiger partial charge in [-0.2, -0.15) is 0 Å². The number of para-hydroxylation sites is 1. The summed E-state index contributed by atoms with van der Waals surface area (Å²) in [6.07, 6.45) is 3.44. The Hall–Kier alpha value is -1.77. The van der Waals surface area contributed by atoms with Crippen LogP contribution in [0.1, 0.15) is 25.5 Å². The van der Waals surface area contributed by atoms with E-state index in [0.717, 1.165) is 28.5 Å². The van der Waals surface area contributed by atoms with E-state index in [4.69, 9.17) is 4.74 Å². The van der Waals surface area contributed by atoms with E-state index >= 15 is 0 Å². The molecular formula is C14H17NO2. The van der Waals surface area contributed by atoms with Crippen LogP contribution in [0.25, 0.3) is 10.9 Å². The average Bonchev–Trinajstić information content (AvgIpc) is 2.69. The van der Waals surface area contributed by atoms with Gasteiger partial charge in [-0.15, -0.1) is 0 Å². The van der Waals surface area contributed by atoms with Crippen LogP contribution in [0.5, 0.6) is 5.75 Å². The lowest BCUT2D eigenvalue weighted by Gasteiger charge is -2.11. The highest BCUT2D eigenvalue weighted by molar-refractivity contribution is 5.90. The molecule has 0 N–H and O–H groups in total. The third kappa shape index (κ3) is 1.93. The maximum Gasteiger partial charge on any atom is 0.143 e. The molecule has 2 rings (SSSR count). The van der Waals surface area contributed by atoms with E-state index in [-0.39, 0.29) is 0 Å². The molecule has 1 aromatic heterocycles. The summed E-state index contributed by atoms with van der Waals surface area (Å²) >= 11 is 0. The van der Waals surface area contributed by atoms with Crippen LogP contribution in [0.2, 0.25) is 0 Å². The fourth-order valence-corrected chi connectivity index (χ4v) is 2.17. The highest BCUT2D eigenvalue weighted by Gasteiger charge is 2.13. The SMILES string of the molecule is COc1cccc2c(CC=O)cn(C(C)C)c12. The average molecular weight is 231 g/mol. The number of nitrogens with zero attached hydrogens (tertiary/aromatic N) is 1. The number of hydrogen-bond donors (Lipinski definition) is 0. The molecule has 17 heavy (non-hydrogen) atoms. The van der Waals surface area contributed by atoms with Crippen LogP contribution >= 0.6 is 0 Å². The molecule has 0 aliphatic carbocycles. The number of rotatable bonds is 4. The van der Waals surface area contributed by atoms with Gasteiger partial charge in [0.05, 0.1) is 12.6 Å². The van der Waals surface area contributed by atoms with E-state index in [1.807, 2.05) is 24.4 Å². The van der Waals surface area contributed by atoms with E-state index in [1.54, 1.807) is 7.11 Å². The Morgan fingerprint density at radius 3 is 2.76 bits per heavy atom. The van der Waals surface area contributed by atoms with E-state index in [1.165, 1.54) is 0 Å². The Labute approximate surface area is 101 Å². The van der Waals surface area contributed by atoms with Gasteiger partial charge in [0.1, 0.15) is 12.0 Å². The zero-order chi connectivity index (χ0) is 12.4. The third-order valence-electron chi connectivity index (χ3n) is 2.98. The maximum absolute atomic E-state index is 10.7. The fourth-order valence-electron chi connectivity index (χ4n) is 2.17. The van der Waals surface area contributed by atoms with Crippen molar-refractivity contribution in [2.24, 2.45) is 0 Å². The molecule has 3 heteroatoms. The molecule has 0 spiro atoms. The van der Waals surface area contributed by atoms with Gasteiger partial charge >= 0.3 is 0 Å². The number of carbonyl (C=O) groups excluding carboxylic acids is 1. The van der Waals surface area contributed by atoms with Gasteiger partial charge < -0.3 is 14.1 Å². The molecule has 1 aromatic carbocycles. The lowest BCUT2D eigenvalue weighted by Crippen LogP contribution is -1.99. The van der Waals surface area contributed by atoms with Gasteiger partial charge in [-0.05, 0) is 25.5 Å². The summed E-state index contributed by atoms with van der Waals surface area (Å²) in [5, 5.41) is 1.10. The van der Waals surface area contributed by atoms with Crippen LogP contribution in [0.4, 0.5) is 0 Å². The van der Waals surface area contributed by atoms with Crippen LogP contribution in [-0.2, 0) is 11.2 Å². The summed E-state index contributed by atoms with van der Waals surface area (Å²) in [7, 11) is 1.67. The molecule has 0 saturated carbocycles. The smallest absolute Gasteiger partial charge is 0.143 e. The van der Waals surface area contributed by atoms with Crippen LogP contribution in [0.3, 0.4) is 0 Å². The maximum atomic E-state index is 10.7. The van der Waals surface area contributed by atoms with Gasteiger partial charge in [0, 0.05) is 24.0 Å². The van der Waals surface area contributed by atoms with Gasteiger partial charge in [-0.1, -0.05) is 12.1 Å². The molecule has 0 fully saturated rings. The highest BCUT2D eigenvalue weighted by atomic mass is 16.5. The number of aldehydes is 1. The van der Waals surface area contributed by atoms with Gasteiger partial charge in [0.15, 0.2) is 0 Å². The Kier molecular flexibility index (Phi) is 3.18. The number of carbonyl (C=O) groups is 1. The zero-order valence-electron chi connectivity index (χ0n) is 10.4. The van der Waals surface area contributed by atoms with Gasteiger partial charge in [-0.25, -0.2) is 0 Å². The molecule has 2 aromatic rings. The van der Waals surface area contributed by atoms with Crippen molar-refractivity contribution in [1.82, 2.24) is 4.57 Å². The molecule has 0 radical (unpaired) electrons. The summed E-state index contributed by atoms with van der Waals surface area (Å²) in [4.78, 5) is 10.7. The van der Waals surface area contributed by atoms with E-state index in [0.29, 0.717) is 12.5 Å². The first kappa shape index (κ1) is 11.7. The summed E-state index contributed by atoms with van der Waals surface area (Å²) in [6, 6.07) is 6.29. The largest absolute Gasteiger partial charge is 0.495 e. The molecule has 0 atom stereocenters. The van der Waals surface area contributed by atoms with Crippen LogP contribution < -0.4 is 4.74 Å². The van der Waals surface area contributed by atoms with E-state index in [2.05, 4.69) is 18.4 Å². The Morgan fingerprint density at radius 2 is 2.18 bits per heavy atom. The molecule has 0 aliphatic heterocycles. The molecule has 3 nitrogen and oxygen atoms in total. The lowest BCUT2D eigenvalue weighted by molar-refractivity contribution is -0.107. The third-order valence-corrected chi connectivity index (χ3v) is 2.98. The number of benzene rings is 1. The van der Waals surface area contributed by atoms with Crippen molar-refractivity contribution in [2.45, 2.75) is 26.3 Å². The van der Waals surface area contributed by atoms with Crippen molar-refractivity contribution in [3.63, 3.8) is 0 Å². The quantitative estimate of drug-likeness (QED) is 0.757. The molecule has 90 valence electrons. The monoisotopic (exact) mass is 231 g/mol. The number of methoxy groups -OCH3 is 1. The standard InChI is InChI=1S/C14H17NO2/c1-10(2)15-9-11(7-8-16)12-5-4-6-13(17-3)14(12)15/h4-6,8-10H,7H2,1-3H3. The number of fused-ring (bicyclic) bond motifs is 1. The van der Waals surface area contributed by atoms with Crippen molar-refractivity contribution in [2.75, 3.05) is 7.11 Å². The molecule has 0 saturated heterocycles. The normalized spacial score (nSPS) is 11.1. The summed E-state index contributed by atoms with van der Waals surface area (Å²) in [5.41, 5.74) is 2.13. The van der Waals surface area contributed by atoms with Gasteiger partial charge in [0.2, 0.25) is 0 Å². The molecular weight excluding hydrogens is 214 g/mol. The van der Waals surface area contributed by atoms with Crippen molar-refractivity contribution < 1.29 is 9.53 Å². The highest BCUT2D eigenvalue weighted by Crippen LogP contribution is 2.32. The number of ether oxygens (including phenoxy) is 1. The summed E-state index contributed by atoms with van der Waals surface area (Å²) < 4.78 is 7.56. The molecule has 0 bridgehead atoms. The minimum Gasteiger partial charge on any atom is -0.495 e. The van der Waals surface area contributed by atoms with Crippen molar-refractivity contribution in [3.05, 3.63) is 30.0 Å². The minimum atomic E-state index is 0.342. The van der Waals surface area contributed by atoms with Crippen molar-refractivity contribution >= 4 is 17.2 Å². The minimum absolute atomic E-state index is 0.342. The number of aromatic nitrogens is 1. The Balaban J connectivity index is 2.76. The molecule has 0 unspecified atom stereocenters. The van der Waals surface area contributed by atoms with Crippen LogP contribution in [0, 0.1) is 0 Å². The zero-order valence-corrected chi connectivity index (χ0v) is 10.4. The molecule has 0 amide bonds. The van der Waals surface area contributed by atoms with Crippen molar-refractivity contribution in [1.29, 1.82) is 0 Å². The van der Waals surface area contributed by atoms with Crippen LogP contribution in [0.15, 0.2) is 24.4 Å². The fraction of sp³-hybridized carbons (Fsp3) is 0.357. The van der Waals surface area contributed by atoms with Crippen LogP contribution in [-0.4, -0.2) is 18.0 Å². The first-order chi connectivity index (χ1) is 8.19. The topological polar surface area (TPSA) is 31.2 Å². The Bertz CT molecular complexity index is 540. The first-order valence-corrected chi connectivity index (χ1v) is 5.79. The van der Waals surface area contributed by atoms with Crippen molar-refractivity contribution in [3.8, 4) is 5.75 Å².